The first-order valence-corrected chi connectivity index (χ1v) is 8.37. The van der Waals surface area contributed by atoms with Crippen LogP contribution >= 0.6 is 0 Å². The molecule has 0 aliphatic carbocycles. The zero-order valence-corrected chi connectivity index (χ0v) is 14.3. The Morgan fingerprint density at radius 2 is 2.17 bits per heavy atom. The van der Waals surface area contributed by atoms with E-state index >= 15 is 0 Å². The molecular weight excluding hydrogens is 312 g/mol. The van der Waals surface area contributed by atoms with Gasteiger partial charge in [-0.15, -0.1) is 0 Å². The van der Waals surface area contributed by atoms with E-state index in [1.54, 1.807) is 0 Å². The quantitative estimate of drug-likeness (QED) is 0.694. The van der Waals surface area contributed by atoms with E-state index in [2.05, 4.69) is 28.0 Å². The summed E-state index contributed by atoms with van der Waals surface area (Å²) in [5, 5.41) is 12.0. The molecule has 1 aromatic rings. The number of aromatic nitrogens is 1. The van der Waals surface area contributed by atoms with Crippen LogP contribution in [0.25, 0.3) is 0 Å². The van der Waals surface area contributed by atoms with Crippen LogP contribution in [0.5, 0.6) is 0 Å². The highest BCUT2D eigenvalue weighted by molar-refractivity contribution is 5.91. The lowest BCUT2D eigenvalue weighted by Gasteiger charge is -2.36. The Morgan fingerprint density at radius 1 is 1.42 bits per heavy atom. The van der Waals surface area contributed by atoms with Crippen molar-refractivity contribution in [2.75, 3.05) is 26.7 Å². The van der Waals surface area contributed by atoms with Gasteiger partial charge in [0.2, 0.25) is 0 Å². The Balaban J connectivity index is 1.69. The van der Waals surface area contributed by atoms with Gasteiger partial charge in [0.25, 0.3) is 5.91 Å². The van der Waals surface area contributed by atoms with Gasteiger partial charge in [-0.25, -0.2) is 4.79 Å². The van der Waals surface area contributed by atoms with Crippen molar-refractivity contribution in [2.45, 2.75) is 39.2 Å². The molecule has 1 aromatic heterocycles. The third kappa shape index (κ3) is 4.95. The molecule has 8 nitrogen and oxygen atoms in total. The molecule has 0 spiro atoms. The maximum absolute atomic E-state index is 11.8. The van der Waals surface area contributed by atoms with E-state index in [9.17, 15) is 9.59 Å². The van der Waals surface area contributed by atoms with Crippen molar-refractivity contribution in [1.82, 2.24) is 21.1 Å². The number of hydrogen-bond acceptors (Lipinski definition) is 6. The average Bonchev–Trinajstić information content (AvgIpc) is 3.09. The summed E-state index contributed by atoms with van der Waals surface area (Å²) in [6.07, 6.45) is 3.72. The molecule has 8 heteroatoms. The van der Waals surface area contributed by atoms with Gasteiger partial charge in [-0.3, -0.25) is 4.79 Å². The van der Waals surface area contributed by atoms with E-state index in [1.807, 2.05) is 0 Å². The smallest absolute Gasteiger partial charge is 0.407 e. The molecule has 1 saturated heterocycles. The van der Waals surface area contributed by atoms with Gasteiger partial charge in [-0.2, -0.15) is 0 Å². The number of nitrogens with one attached hydrogen (secondary N) is 3. The van der Waals surface area contributed by atoms with Crippen LogP contribution in [-0.4, -0.2) is 43.9 Å². The Hall–Kier alpha value is -2.09. The van der Waals surface area contributed by atoms with Crippen molar-refractivity contribution in [1.29, 1.82) is 0 Å². The zero-order chi connectivity index (χ0) is 17.4. The largest absolute Gasteiger partial charge is 0.450 e. The molecule has 1 fully saturated rings. The summed E-state index contributed by atoms with van der Waals surface area (Å²) in [4.78, 5) is 23.1. The van der Waals surface area contributed by atoms with E-state index in [4.69, 9.17) is 9.26 Å². The van der Waals surface area contributed by atoms with Crippen molar-refractivity contribution in [3.8, 4) is 0 Å². The Morgan fingerprint density at radius 3 is 2.83 bits per heavy atom. The lowest BCUT2D eigenvalue weighted by atomic mass is 9.74. The summed E-state index contributed by atoms with van der Waals surface area (Å²) in [5.41, 5.74) is 0.456. The van der Waals surface area contributed by atoms with Crippen molar-refractivity contribution in [3.63, 3.8) is 0 Å². The molecule has 0 bridgehead atoms. The van der Waals surface area contributed by atoms with E-state index in [1.165, 1.54) is 13.1 Å². The minimum absolute atomic E-state index is 0.131. The fourth-order valence-corrected chi connectivity index (χ4v) is 2.94. The fraction of sp³-hybridized carbons (Fsp3) is 0.688. The second kappa shape index (κ2) is 8.68. The van der Waals surface area contributed by atoms with E-state index in [0.29, 0.717) is 12.4 Å². The molecule has 1 aliphatic rings. The number of ether oxygens (including phenoxy) is 1. The molecule has 1 aliphatic heterocycles. The van der Waals surface area contributed by atoms with Crippen molar-refractivity contribution >= 4 is 12.0 Å². The second-order valence-corrected chi connectivity index (χ2v) is 6.10. The molecule has 0 radical (unpaired) electrons. The summed E-state index contributed by atoms with van der Waals surface area (Å²) in [6.45, 7) is 4.78. The van der Waals surface area contributed by atoms with Crippen molar-refractivity contribution < 1.29 is 18.8 Å². The maximum atomic E-state index is 11.8. The van der Waals surface area contributed by atoms with Gasteiger partial charge in [0.05, 0.1) is 13.2 Å². The number of carbonyl (C=O) groups excluding carboxylic acids is 2. The predicted octanol–water partition coefficient (Wildman–Crippen LogP) is 1.43. The van der Waals surface area contributed by atoms with Gasteiger partial charge in [0.1, 0.15) is 0 Å². The number of alkyl carbamates (subject to hydrolysis) is 1. The van der Waals surface area contributed by atoms with Crippen molar-refractivity contribution in [2.24, 2.45) is 5.41 Å². The minimum atomic E-state index is -0.493. The summed E-state index contributed by atoms with van der Waals surface area (Å²) in [7, 11) is 1.51. The predicted molar refractivity (Wildman–Crippen MR) is 87.5 cm³/mol. The summed E-state index contributed by atoms with van der Waals surface area (Å²) in [5.74, 6) is 0.0633. The molecule has 0 unspecified atom stereocenters. The van der Waals surface area contributed by atoms with Crippen molar-refractivity contribution in [3.05, 3.63) is 17.5 Å². The first kappa shape index (κ1) is 18.3. The summed E-state index contributed by atoms with van der Waals surface area (Å²) < 4.78 is 10.2. The number of rotatable bonds is 7. The molecule has 3 N–H and O–H groups in total. The van der Waals surface area contributed by atoms with Crippen LogP contribution in [0.4, 0.5) is 4.79 Å². The van der Waals surface area contributed by atoms with Gasteiger partial charge < -0.3 is 25.2 Å². The first-order chi connectivity index (χ1) is 11.6. The highest BCUT2D eigenvalue weighted by Crippen LogP contribution is 2.35. The van der Waals surface area contributed by atoms with E-state index in [-0.39, 0.29) is 23.6 Å². The lowest BCUT2D eigenvalue weighted by molar-refractivity contribution is 0.0951. The standard InChI is InChI=1S/C16H26N4O4/c1-3-16(4-7-18-8-5-16)6-9-23-15(22)19-11-12-10-13(20-24-12)14(21)17-2/h10,18H,3-9,11H2,1-2H3,(H,17,21)(H,19,22). The Bertz CT molecular complexity index is 552. The van der Waals surface area contributed by atoms with Crippen LogP contribution in [0.3, 0.4) is 0 Å². The van der Waals surface area contributed by atoms with Gasteiger partial charge in [0.15, 0.2) is 11.5 Å². The first-order valence-electron chi connectivity index (χ1n) is 8.37. The zero-order valence-electron chi connectivity index (χ0n) is 14.3. The lowest BCUT2D eigenvalue weighted by Crippen LogP contribution is -2.37. The van der Waals surface area contributed by atoms with E-state index < -0.39 is 6.09 Å². The molecule has 0 aromatic carbocycles. The molecule has 24 heavy (non-hydrogen) atoms. The van der Waals surface area contributed by atoms with Crippen LogP contribution in [0, 0.1) is 5.41 Å². The van der Waals surface area contributed by atoms with Gasteiger partial charge >= 0.3 is 6.09 Å². The highest BCUT2D eigenvalue weighted by atomic mass is 16.5. The molecule has 134 valence electrons. The van der Waals surface area contributed by atoms with Crippen LogP contribution < -0.4 is 16.0 Å². The maximum Gasteiger partial charge on any atom is 0.407 e. The fourth-order valence-electron chi connectivity index (χ4n) is 2.94. The van der Waals surface area contributed by atoms with E-state index in [0.717, 1.165) is 38.8 Å². The number of nitrogens with zero attached hydrogens (tertiary/aromatic N) is 1. The summed E-state index contributed by atoms with van der Waals surface area (Å²) >= 11 is 0. The molecule has 2 rings (SSSR count). The third-order valence-corrected chi connectivity index (χ3v) is 4.71. The van der Waals surface area contributed by atoms with Gasteiger partial charge in [-0.05, 0) is 37.8 Å². The van der Waals surface area contributed by atoms with Crippen LogP contribution in [-0.2, 0) is 11.3 Å². The normalized spacial score (nSPS) is 16.4. The van der Waals surface area contributed by atoms with Crippen LogP contribution in [0.15, 0.2) is 10.6 Å². The Kier molecular flexibility index (Phi) is 6.60. The molecule has 0 saturated carbocycles. The topological polar surface area (TPSA) is 105 Å². The SMILES string of the molecule is CCC1(CCOC(=O)NCc2cc(C(=O)NC)no2)CCNCC1. The van der Waals surface area contributed by atoms with Crippen LogP contribution in [0.1, 0.15) is 48.9 Å². The number of carbonyl (C=O) groups is 2. The van der Waals surface area contributed by atoms with Gasteiger partial charge in [-0.1, -0.05) is 18.5 Å². The highest BCUT2D eigenvalue weighted by Gasteiger charge is 2.30. The number of piperidine rings is 1. The second-order valence-electron chi connectivity index (χ2n) is 6.10. The molecular formula is C16H26N4O4. The number of hydrogen-bond donors (Lipinski definition) is 3. The number of amides is 2. The molecule has 2 amide bonds. The van der Waals surface area contributed by atoms with Crippen LogP contribution in [0.2, 0.25) is 0 Å². The molecule has 0 atom stereocenters. The molecule has 2 heterocycles. The average molecular weight is 338 g/mol. The minimum Gasteiger partial charge on any atom is -0.450 e. The monoisotopic (exact) mass is 338 g/mol. The van der Waals surface area contributed by atoms with Gasteiger partial charge in [0, 0.05) is 13.1 Å². The third-order valence-electron chi connectivity index (χ3n) is 4.71. The Labute approximate surface area is 141 Å². The summed E-state index contributed by atoms with van der Waals surface area (Å²) in [6, 6.07) is 1.49.